The first-order chi connectivity index (χ1) is 9.25. The zero-order chi connectivity index (χ0) is 15.0. The number of sulfonamides is 1. The molecule has 0 radical (unpaired) electrons. The first-order valence-electron chi connectivity index (χ1n) is 6.67. The van der Waals surface area contributed by atoms with Gasteiger partial charge in [-0.3, -0.25) is 5.41 Å². The van der Waals surface area contributed by atoms with E-state index < -0.39 is 10.0 Å². The van der Waals surface area contributed by atoms with Gasteiger partial charge in [0.2, 0.25) is 10.0 Å². The molecule has 1 aliphatic heterocycles. The number of benzene rings is 1. The Balaban J connectivity index is 2.20. The van der Waals surface area contributed by atoms with Gasteiger partial charge in [-0.25, -0.2) is 8.42 Å². The lowest BCUT2D eigenvalue weighted by atomic mass is 9.80. The molecule has 0 saturated carbocycles. The van der Waals surface area contributed by atoms with Crippen molar-refractivity contribution >= 4 is 15.9 Å². The van der Waals surface area contributed by atoms with Crippen LogP contribution in [0.2, 0.25) is 0 Å². The van der Waals surface area contributed by atoms with Gasteiger partial charge >= 0.3 is 0 Å². The van der Waals surface area contributed by atoms with Gasteiger partial charge in [0.25, 0.3) is 0 Å². The second-order valence-electron chi connectivity index (χ2n) is 5.69. The SMILES string of the molecule is Cc1cccc(S(=O)(=O)N2CCC(C)(C(=N)N)CC2)c1. The van der Waals surface area contributed by atoms with Crippen LogP contribution in [0, 0.1) is 17.7 Å². The van der Waals surface area contributed by atoms with Gasteiger partial charge in [0.1, 0.15) is 0 Å². The van der Waals surface area contributed by atoms with Crippen LogP contribution in [0.25, 0.3) is 0 Å². The molecule has 3 N–H and O–H groups in total. The van der Waals surface area contributed by atoms with Crippen LogP contribution >= 0.6 is 0 Å². The van der Waals surface area contributed by atoms with E-state index in [2.05, 4.69) is 0 Å². The van der Waals surface area contributed by atoms with Crippen molar-refractivity contribution in [2.24, 2.45) is 11.1 Å². The van der Waals surface area contributed by atoms with Crippen LogP contribution in [0.15, 0.2) is 29.2 Å². The molecule has 20 heavy (non-hydrogen) atoms. The van der Waals surface area contributed by atoms with Crippen LogP contribution in [0.1, 0.15) is 25.3 Å². The minimum absolute atomic E-state index is 0.144. The Kier molecular flexibility index (Phi) is 3.88. The molecule has 1 aromatic carbocycles. The number of piperidine rings is 1. The van der Waals surface area contributed by atoms with Crippen LogP contribution in [-0.2, 0) is 10.0 Å². The minimum Gasteiger partial charge on any atom is -0.387 e. The normalized spacial score (nSPS) is 19.7. The summed E-state index contributed by atoms with van der Waals surface area (Å²) in [5.41, 5.74) is 6.15. The highest BCUT2D eigenvalue weighted by Crippen LogP contribution is 2.33. The van der Waals surface area contributed by atoms with E-state index in [0.29, 0.717) is 30.8 Å². The van der Waals surface area contributed by atoms with Gasteiger partial charge in [-0.15, -0.1) is 0 Å². The summed E-state index contributed by atoms with van der Waals surface area (Å²) in [4.78, 5) is 0.337. The average molecular weight is 295 g/mol. The van der Waals surface area contributed by atoms with Crippen LogP contribution in [0.4, 0.5) is 0 Å². The molecule has 1 fully saturated rings. The second kappa shape index (κ2) is 5.18. The highest BCUT2D eigenvalue weighted by Gasteiger charge is 2.37. The summed E-state index contributed by atoms with van der Waals surface area (Å²) in [6.07, 6.45) is 1.18. The Morgan fingerprint density at radius 3 is 2.45 bits per heavy atom. The predicted molar refractivity (Wildman–Crippen MR) is 79.2 cm³/mol. The largest absolute Gasteiger partial charge is 0.387 e. The molecule has 1 aromatic rings. The van der Waals surface area contributed by atoms with E-state index in [0.717, 1.165) is 5.56 Å². The molecule has 1 aliphatic rings. The van der Waals surface area contributed by atoms with Crippen molar-refractivity contribution in [1.82, 2.24) is 4.31 Å². The summed E-state index contributed by atoms with van der Waals surface area (Å²) in [5, 5.41) is 7.61. The van der Waals surface area contributed by atoms with Gasteiger partial charge in [-0.1, -0.05) is 19.1 Å². The Bertz CT molecular complexity index is 617. The monoisotopic (exact) mass is 295 g/mol. The highest BCUT2D eigenvalue weighted by atomic mass is 32.2. The maximum Gasteiger partial charge on any atom is 0.243 e. The van der Waals surface area contributed by atoms with E-state index in [4.69, 9.17) is 11.1 Å². The number of hydrogen-bond acceptors (Lipinski definition) is 3. The molecule has 1 saturated heterocycles. The van der Waals surface area contributed by atoms with Gasteiger partial charge in [0.05, 0.1) is 10.7 Å². The summed E-state index contributed by atoms with van der Waals surface area (Å²) in [5.74, 6) is 0.144. The van der Waals surface area contributed by atoms with Crippen LogP contribution in [0.5, 0.6) is 0 Å². The van der Waals surface area contributed by atoms with Crippen molar-refractivity contribution in [3.63, 3.8) is 0 Å². The lowest BCUT2D eigenvalue weighted by Crippen LogP contribution is -2.47. The smallest absolute Gasteiger partial charge is 0.243 e. The molecule has 110 valence electrons. The molecule has 0 spiro atoms. The minimum atomic E-state index is -3.44. The number of nitrogens with zero attached hydrogens (tertiary/aromatic N) is 1. The van der Waals surface area contributed by atoms with Crippen molar-refractivity contribution in [1.29, 1.82) is 5.41 Å². The molecular formula is C14H21N3O2S. The number of rotatable bonds is 3. The van der Waals surface area contributed by atoms with E-state index in [1.165, 1.54) is 4.31 Å². The van der Waals surface area contributed by atoms with Gasteiger partial charge < -0.3 is 5.73 Å². The summed E-state index contributed by atoms with van der Waals surface area (Å²) in [6, 6.07) is 6.95. The molecule has 6 heteroatoms. The van der Waals surface area contributed by atoms with Crippen molar-refractivity contribution in [3.8, 4) is 0 Å². The maximum absolute atomic E-state index is 12.6. The first kappa shape index (κ1) is 15.0. The van der Waals surface area contributed by atoms with Gasteiger partial charge in [0.15, 0.2) is 0 Å². The molecule has 0 bridgehead atoms. The summed E-state index contributed by atoms with van der Waals surface area (Å²) < 4.78 is 26.6. The third-order valence-electron chi connectivity index (χ3n) is 4.10. The fraction of sp³-hybridized carbons (Fsp3) is 0.500. The van der Waals surface area contributed by atoms with Crippen LogP contribution in [-0.4, -0.2) is 31.6 Å². The summed E-state index contributed by atoms with van der Waals surface area (Å²) in [6.45, 7) is 4.62. The number of aryl methyl sites for hydroxylation is 1. The lowest BCUT2D eigenvalue weighted by Gasteiger charge is -2.37. The standard InChI is InChI=1S/C14H21N3O2S/c1-11-4-3-5-12(10-11)20(18,19)17-8-6-14(2,7-9-17)13(15)16/h3-5,10H,6-9H2,1-2H3,(H3,15,16). The van der Waals surface area contributed by atoms with Crippen molar-refractivity contribution in [2.45, 2.75) is 31.6 Å². The second-order valence-corrected chi connectivity index (χ2v) is 7.63. The Hall–Kier alpha value is -1.40. The summed E-state index contributed by atoms with van der Waals surface area (Å²) in [7, 11) is -3.44. The first-order valence-corrected chi connectivity index (χ1v) is 8.11. The van der Waals surface area contributed by atoms with E-state index >= 15 is 0 Å². The molecule has 5 nitrogen and oxygen atoms in total. The Morgan fingerprint density at radius 1 is 1.35 bits per heavy atom. The number of hydrogen-bond donors (Lipinski definition) is 2. The molecule has 0 aliphatic carbocycles. The third-order valence-corrected chi connectivity index (χ3v) is 6.00. The van der Waals surface area contributed by atoms with Gasteiger partial charge in [-0.2, -0.15) is 4.31 Å². The zero-order valence-corrected chi connectivity index (χ0v) is 12.7. The van der Waals surface area contributed by atoms with Crippen LogP contribution < -0.4 is 5.73 Å². The fourth-order valence-corrected chi connectivity index (χ4v) is 3.96. The van der Waals surface area contributed by atoms with E-state index in [1.54, 1.807) is 18.2 Å². The Morgan fingerprint density at radius 2 is 1.95 bits per heavy atom. The number of amidine groups is 1. The van der Waals surface area contributed by atoms with E-state index in [9.17, 15) is 8.42 Å². The molecule has 0 amide bonds. The molecule has 0 aromatic heterocycles. The number of nitrogens with one attached hydrogen (secondary N) is 1. The van der Waals surface area contributed by atoms with Crippen molar-refractivity contribution in [3.05, 3.63) is 29.8 Å². The lowest BCUT2D eigenvalue weighted by molar-refractivity contribution is 0.240. The predicted octanol–water partition coefficient (Wildman–Crippen LogP) is 1.72. The van der Waals surface area contributed by atoms with Gasteiger partial charge in [-0.05, 0) is 37.5 Å². The molecule has 2 rings (SSSR count). The molecular weight excluding hydrogens is 274 g/mol. The Labute approximate surface area is 120 Å². The maximum atomic E-state index is 12.6. The van der Waals surface area contributed by atoms with Crippen molar-refractivity contribution < 1.29 is 8.42 Å². The van der Waals surface area contributed by atoms with Crippen molar-refractivity contribution in [2.75, 3.05) is 13.1 Å². The van der Waals surface area contributed by atoms with Gasteiger partial charge in [0, 0.05) is 18.5 Å². The average Bonchev–Trinajstić information content (AvgIpc) is 2.39. The molecule has 0 atom stereocenters. The zero-order valence-electron chi connectivity index (χ0n) is 11.9. The number of nitrogens with two attached hydrogens (primary N) is 1. The topological polar surface area (TPSA) is 87.2 Å². The quantitative estimate of drug-likeness (QED) is 0.657. The van der Waals surface area contributed by atoms with E-state index in [-0.39, 0.29) is 11.3 Å². The molecule has 0 unspecified atom stereocenters. The summed E-state index contributed by atoms with van der Waals surface area (Å²) >= 11 is 0. The third kappa shape index (κ3) is 2.71. The van der Waals surface area contributed by atoms with E-state index in [1.807, 2.05) is 19.9 Å². The highest BCUT2D eigenvalue weighted by molar-refractivity contribution is 7.89. The fourth-order valence-electron chi connectivity index (χ4n) is 2.41. The van der Waals surface area contributed by atoms with Crippen LogP contribution in [0.3, 0.4) is 0 Å². The molecule has 1 heterocycles.